The quantitative estimate of drug-likeness (QED) is 0.196. The monoisotopic (exact) mass is 545 g/mol. The number of amides is 2. The van der Waals surface area contributed by atoms with Crippen LogP contribution in [0.4, 0.5) is 33.7 Å². The standard InChI is InChI=1S/C28H27F4N3O4/c1-15-9-19(10-16(2)33-15)17-7-6-8-18(11-17)24(36)14-25(37)34-22-12-20(28(30,31)32)21(29)13-23(22)35-26(38)39-27(3,4)5/h6-13H,14H2,1-5H3,(H,34,37)(H,35,38). The van der Waals surface area contributed by atoms with Gasteiger partial charge in [0.1, 0.15) is 11.4 Å². The minimum atomic E-state index is -5.08. The van der Waals surface area contributed by atoms with Gasteiger partial charge in [0.05, 0.1) is 23.4 Å². The first kappa shape index (κ1) is 29.3. The van der Waals surface area contributed by atoms with Crippen molar-refractivity contribution in [3.8, 4) is 11.1 Å². The van der Waals surface area contributed by atoms with Gasteiger partial charge in [0, 0.05) is 23.0 Å². The van der Waals surface area contributed by atoms with Crippen LogP contribution in [-0.4, -0.2) is 28.4 Å². The number of carbonyl (C=O) groups is 3. The van der Waals surface area contributed by atoms with E-state index in [1.165, 1.54) is 6.07 Å². The molecule has 11 heteroatoms. The van der Waals surface area contributed by atoms with Crippen molar-refractivity contribution in [2.75, 3.05) is 10.6 Å². The van der Waals surface area contributed by atoms with Crippen LogP contribution in [0, 0.1) is 19.7 Å². The minimum Gasteiger partial charge on any atom is -0.444 e. The molecule has 0 radical (unpaired) electrons. The molecular formula is C28H27F4N3O4. The van der Waals surface area contributed by atoms with E-state index in [9.17, 15) is 31.9 Å². The van der Waals surface area contributed by atoms with Crippen molar-refractivity contribution in [1.29, 1.82) is 0 Å². The number of Topliss-reactive ketones (excluding diaryl/α,β-unsaturated/α-hetero) is 1. The maximum absolute atomic E-state index is 14.2. The molecule has 0 aliphatic carbocycles. The summed E-state index contributed by atoms with van der Waals surface area (Å²) in [5, 5.41) is 4.31. The Bertz CT molecular complexity index is 1410. The third kappa shape index (κ3) is 8.10. The minimum absolute atomic E-state index is 0.206. The molecule has 3 aromatic rings. The van der Waals surface area contributed by atoms with Gasteiger partial charge in [-0.2, -0.15) is 13.2 Å². The molecule has 0 spiro atoms. The number of halogens is 4. The number of ether oxygens (including phenoxy) is 1. The largest absolute Gasteiger partial charge is 0.444 e. The number of hydrogen-bond donors (Lipinski definition) is 2. The second kappa shape index (κ2) is 11.2. The van der Waals surface area contributed by atoms with Crippen LogP contribution in [0.3, 0.4) is 0 Å². The molecule has 39 heavy (non-hydrogen) atoms. The Morgan fingerprint density at radius 1 is 0.872 bits per heavy atom. The van der Waals surface area contributed by atoms with Gasteiger partial charge in [-0.15, -0.1) is 0 Å². The average Bonchev–Trinajstić information content (AvgIpc) is 2.78. The molecule has 3 rings (SSSR count). The molecule has 206 valence electrons. The molecule has 0 bridgehead atoms. The number of anilines is 2. The lowest BCUT2D eigenvalue weighted by Gasteiger charge is -2.21. The Hall–Kier alpha value is -4.28. The zero-order valence-electron chi connectivity index (χ0n) is 21.9. The van der Waals surface area contributed by atoms with E-state index in [1.54, 1.807) is 39.0 Å². The van der Waals surface area contributed by atoms with Gasteiger partial charge in [-0.3, -0.25) is 19.9 Å². The molecule has 1 heterocycles. The number of aryl methyl sites for hydroxylation is 2. The van der Waals surface area contributed by atoms with Gasteiger partial charge in [0.2, 0.25) is 5.91 Å². The lowest BCUT2D eigenvalue weighted by molar-refractivity contribution is -0.140. The van der Waals surface area contributed by atoms with Crippen LogP contribution < -0.4 is 10.6 Å². The molecule has 2 aromatic carbocycles. The first-order valence-electron chi connectivity index (χ1n) is 11.8. The van der Waals surface area contributed by atoms with E-state index in [0.717, 1.165) is 17.0 Å². The highest BCUT2D eigenvalue weighted by atomic mass is 19.4. The molecule has 2 amide bonds. The fourth-order valence-corrected chi connectivity index (χ4v) is 3.73. The molecular weight excluding hydrogens is 518 g/mol. The van der Waals surface area contributed by atoms with Crippen LogP contribution >= 0.6 is 0 Å². The van der Waals surface area contributed by atoms with Crippen molar-refractivity contribution in [1.82, 2.24) is 4.98 Å². The normalized spacial score (nSPS) is 11.6. The number of pyridine rings is 1. The third-order valence-corrected chi connectivity index (χ3v) is 5.24. The first-order chi connectivity index (χ1) is 18.0. The maximum Gasteiger partial charge on any atom is 0.419 e. The van der Waals surface area contributed by atoms with Crippen LogP contribution in [0.1, 0.15) is 54.5 Å². The van der Waals surface area contributed by atoms with Gasteiger partial charge in [0.15, 0.2) is 5.78 Å². The summed E-state index contributed by atoms with van der Waals surface area (Å²) in [4.78, 5) is 42.0. The summed E-state index contributed by atoms with van der Waals surface area (Å²) in [6.07, 6.45) is -6.87. The van der Waals surface area contributed by atoms with Crippen molar-refractivity contribution in [2.24, 2.45) is 0 Å². The maximum atomic E-state index is 14.2. The van der Waals surface area contributed by atoms with E-state index in [-0.39, 0.29) is 5.56 Å². The molecule has 0 aliphatic rings. The van der Waals surface area contributed by atoms with Crippen LogP contribution in [0.2, 0.25) is 0 Å². The van der Waals surface area contributed by atoms with Gasteiger partial charge < -0.3 is 10.1 Å². The topological polar surface area (TPSA) is 97.4 Å². The summed E-state index contributed by atoms with van der Waals surface area (Å²) in [7, 11) is 0. The summed E-state index contributed by atoms with van der Waals surface area (Å²) in [5.41, 5.74) is -0.317. The number of hydrogen-bond acceptors (Lipinski definition) is 5. The lowest BCUT2D eigenvalue weighted by atomic mass is 9.99. The highest BCUT2D eigenvalue weighted by Crippen LogP contribution is 2.36. The van der Waals surface area contributed by atoms with Crippen molar-refractivity contribution < 1.29 is 36.7 Å². The average molecular weight is 546 g/mol. The Labute approximate surface area is 222 Å². The zero-order chi connectivity index (χ0) is 29.1. The molecule has 0 aliphatic heterocycles. The number of carbonyl (C=O) groups excluding carboxylic acids is 3. The summed E-state index contributed by atoms with van der Waals surface area (Å²) in [6.45, 7) is 8.34. The van der Waals surface area contributed by atoms with E-state index in [4.69, 9.17) is 4.74 Å². The van der Waals surface area contributed by atoms with Crippen LogP contribution in [0.5, 0.6) is 0 Å². The fraction of sp³-hybridized carbons (Fsp3) is 0.286. The number of alkyl halides is 3. The smallest absolute Gasteiger partial charge is 0.419 e. The van der Waals surface area contributed by atoms with E-state index in [2.05, 4.69) is 15.6 Å². The second-order valence-corrected chi connectivity index (χ2v) is 9.87. The lowest BCUT2D eigenvalue weighted by Crippen LogP contribution is -2.28. The number of nitrogens with zero attached hydrogens (tertiary/aromatic N) is 1. The third-order valence-electron chi connectivity index (χ3n) is 5.24. The van der Waals surface area contributed by atoms with Crippen LogP contribution in [-0.2, 0) is 15.7 Å². The van der Waals surface area contributed by atoms with Gasteiger partial charge >= 0.3 is 12.3 Å². The second-order valence-electron chi connectivity index (χ2n) is 9.87. The van der Waals surface area contributed by atoms with Crippen LogP contribution in [0.25, 0.3) is 11.1 Å². The van der Waals surface area contributed by atoms with Crippen molar-refractivity contribution >= 4 is 29.2 Å². The highest BCUT2D eigenvalue weighted by molar-refractivity contribution is 6.12. The van der Waals surface area contributed by atoms with E-state index >= 15 is 0 Å². The Kier molecular flexibility index (Phi) is 8.42. The first-order valence-corrected chi connectivity index (χ1v) is 11.8. The van der Waals surface area contributed by atoms with Crippen LogP contribution in [0.15, 0.2) is 48.5 Å². The van der Waals surface area contributed by atoms with E-state index < -0.39 is 58.7 Å². The highest BCUT2D eigenvalue weighted by Gasteiger charge is 2.35. The van der Waals surface area contributed by atoms with Crippen molar-refractivity contribution in [3.63, 3.8) is 0 Å². The fourth-order valence-electron chi connectivity index (χ4n) is 3.73. The number of ketones is 1. The van der Waals surface area contributed by atoms with Crippen molar-refractivity contribution in [3.05, 3.63) is 76.9 Å². The predicted molar refractivity (Wildman–Crippen MR) is 138 cm³/mol. The number of aromatic nitrogens is 1. The summed E-state index contributed by atoms with van der Waals surface area (Å²) in [6, 6.07) is 11.0. The van der Waals surface area contributed by atoms with Gasteiger partial charge in [-0.1, -0.05) is 18.2 Å². The molecule has 2 N–H and O–H groups in total. The molecule has 0 saturated heterocycles. The summed E-state index contributed by atoms with van der Waals surface area (Å²) in [5.74, 6) is -3.23. The zero-order valence-corrected chi connectivity index (χ0v) is 21.9. The summed E-state index contributed by atoms with van der Waals surface area (Å²) < 4.78 is 59.2. The number of benzene rings is 2. The van der Waals surface area contributed by atoms with E-state index in [0.29, 0.717) is 17.7 Å². The Balaban J connectivity index is 1.84. The predicted octanol–water partition coefficient (Wildman–Crippen LogP) is 7.08. The Morgan fingerprint density at radius 2 is 1.49 bits per heavy atom. The summed E-state index contributed by atoms with van der Waals surface area (Å²) >= 11 is 0. The molecule has 1 aromatic heterocycles. The number of nitrogens with one attached hydrogen (secondary N) is 2. The van der Waals surface area contributed by atoms with Gasteiger partial charge in [0.25, 0.3) is 0 Å². The molecule has 0 unspecified atom stereocenters. The molecule has 0 fully saturated rings. The molecule has 0 saturated carbocycles. The SMILES string of the molecule is Cc1cc(-c2cccc(C(=O)CC(=O)Nc3cc(C(F)(F)F)c(F)cc3NC(=O)OC(C)(C)C)c2)cc(C)n1. The van der Waals surface area contributed by atoms with E-state index in [1.807, 2.05) is 26.0 Å². The number of rotatable bonds is 6. The Morgan fingerprint density at radius 3 is 2.08 bits per heavy atom. The van der Waals surface area contributed by atoms with Gasteiger partial charge in [-0.25, -0.2) is 9.18 Å². The molecule has 7 nitrogen and oxygen atoms in total. The molecule has 0 atom stereocenters. The van der Waals surface area contributed by atoms with Crippen molar-refractivity contribution in [2.45, 2.75) is 52.8 Å². The van der Waals surface area contributed by atoms with Gasteiger partial charge in [-0.05, 0) is 70.0 Å².